The molecule has 2 aliphatic rings. The van der Waals surface area contributed by atoms with Crippen molar-refractivity contribution in [2.75, 3.05) is 32.8 Å². The van der Waals surface area contributed by atoms with Gasteiger partial charge in [-0.15, -0.1) is 0 Å². The van der Waals surface area contributed by atoms with Crippen LogP contribution in [0.2, 0.25) is 0 Å². The Balaban J connectivity index is 1.54. The number of hydrogen-bond donors (Lipinski definition) is 0. The number of amides is 1. The van der Waals surface area contributed by atoms with Crippen LogP contribution in [0.1, 0.15) is 30.9 Å². The van der Waals surface area contributed by atoms with E-state index in [0.717, 1.165) is 32.4 Å². The van der Waals surface area contributed by atoms with Gasteiger partial charge in [-0.1, -0.05) is 24.3 Å². The van der Waals surface area contributed by atoms with Crippen LogP contribution < -0.4 is 0 Å². The van der Waals surface area contributed by atoms with Crippen molar-refractivity contribution in [3.05, 3.63) is 35.4 Å². The van der Waals surface area contributed by atoms with Gasteiger partial charge in [0.15, 0.2) is 0 Å². The first-order chi connectivity index (χ1) is 11.7. The molecule has 1 unspecified atom stereocenters. The maximum atomic E-state index is 12.6. The molecule has 2 aliphatic heterocycles. The standard InChI is InChI=1S/C19H26N2O3/c1-2-24-19(23)17-8-5-10-20(12-17)14-18(22)21-11-9-15-6-3-4-7-16(15)13-21/h3-4,6-7,17H,2,5,8-14H2,1H3. The highest BCUT2D eigenvalue weighted by atomic mass is 16.5. The molecule has 1 amide bonds. The van der Waals surface area contributed by atoms with Gasteiger partial charge in [0.2, 0.25) is 5.91 Å². The van der Waals surface area contributed by atoms with Crippen molar-refractivity contribution in [1.82, 2.24) is 9.80 Å². The van der Waals surface area contributed by atoms with Crippen LogP contribution in [0.15, 0.2) is 24.3 Å². The molecule has 24 heavy (non-hydrogen) atoms. The quantitative estimate of drug-likeness (QED) is 0.791. The van der Waals surface area contributed by atoms with E-state index in [0.29, 0.717) is 26.2 Å². The molecule has 1 saturated heterocycles. The summed E-state index contributed by atoms with van der Waals surface area (Å²) in [5.41, 5.74) is 2.60. The van der Waals surface area contributed by atoms with Crippen LogP contribution in [-0.2, 0) is 27.3 Å². The summed E-state index contributed by atoms with van der Waals surface area (Å²) in [4.78, 5) is 28.6. The van der Waals surface area contributed by atoms with Gasteiger partial charge in [-0.2, -0.15) is 0 Å². The largest absolute Gasteiger partial charge is 0.466 e. The van der Waals surface area contributed by atoms with E-state index in [-0.39, 0.29) is 17.8 Å². The number of carbonyl (C=O) groups excluding carboxylic acids is 2. The molecule has 0 spiro atoms. The molecule has 1 atom stereocenters. The number of fused-ring (bicyclic) bond motifs is 1. The minimum atomic E-state index is -0.124. The number of ether oxygens (including phenoxy) is 1. The fourth-order valence-electron chi connectivity index (χ4n) is 3.65. The van der Waals surface area contributed by atoms with E-state index >= 15 is 0 Å². The molecule has 0 saturated carbocycles. The van der Waals surface area contributed by atoms with Crippen molar-refractivity contribution in [2.24, 2.45) is 5.92 Å². The minimum absolute atomic E-state index is 0.0893. The number of carbonyl (C=O) groups is 2. The Hall–Kier alpha value is -1.88. The first-order valence-corrected chi connectivity index (χ1v) is 8.91. The zero-order chi connectivity index (χ0) is 16.9. The second-order valence-electron chi connectivity index (χ2n) is 6.66. The molecule has 0 N–H and O–H groups in total. The lowest BCUT2D eigenvalue weighted by molar-refractivity contribution is -0.150. The van der Waals surface area contributed by atoms with Gasteiger partial charge in [0.25, 0.3) is 0 Å². The van der Waals surface area contributed by atoms with Gasteiger partial charge in [0.1, 0.15) is 0 Å². The Morgan fingerprint density at radius 2 is 2.00 bits per heavy atom. The fourth-order valence-corrected chi connectivity index (χ4v) is 3.65. The van der Waals surface area contributed by atoms with Gasteiger partial charge in [0.05, 0.1) is 19.1 Å². The highest BCUT2D eigenvalue weighted by molar-refractivity contribution is 5.79. The number of esters is 1. The maximum Gasteiger partial charge on any atom is 0.310 e. The minimum Gasteiger partial charge on any atom is -0.466 e. The van der Waals surface area contributed by atoms with Crippen LogP contribution in [0.25, 0.3) is 0 Å². The van der Waals surface area contributed by atoms with Crippen LogP contribution in [-0.4, -0.2) is 54.5 Å². The average molecular weight is 330 g/mol. The smallest absolute Gasteiger partial charge is 0.310 e. The summed E-state index contributed by atoms with van der Waals surface area (Å²) in [6.07, 6.45) is 2.73. The van der Waals surface area contributed by atoms with Crippen LogP contribution in [0.3, 0.4) is 0 Å². The first-order valence-electron chi connectivity index (χ1n) is 8.91. The van der Waals surface area contributed by atoms with E-state index in [4.69, 9.17) is 4.74 Å². The Morgan fingerprint density at radius 3 is 2.79 bits per heavy atom. The van der Waals surface area contributed by atoms with Crippen molar-refractivity contribution < 1.29 is 14.3 Å². The lowest BCUT2D eigenvalue weighted by Crippen LogP contribution is -2.46. The lowest BCUT2D eigenvalue weighted by Gasteiger charge is -2.34. The summed E-state index contributed by atoms with van der Waals surface area (Å²) in [5.74, 6) is -0.0517. The van der Waals surface area contributed by atoms with Gasteiger partial charge in [0, 0.05) is 19.6 Å². The number of nitrogens with zero attached hydrogens (tertiary/aromatic N) is 2. The van der Waals surface area contributed by atoms with Gasteiger partial charge in [-0.25, -0.2) is 0 Å². The SMILES string of the molecule is CCOC(=O)C1CCCN(CC(=O)N2CCc3ccccc3C2)C1. The molecule has 1 fully saturated rings. The van der Waals surface area contributed by atoms with Crippen molar-refractivity contribution >= 4 is 11.9 Å². The Bertz CT molecular complexity index is 602. The van der Waals surface area contributed by atoms with E-state index in [1.807, 2.05) is 17.9 Å². The van der Waals surface area contributed by atoms with Crippen LogP contribution in [0, 0.1) is 5.92 Å². The predicted octanol–water partition coefficient (Wildman–Crippen LogP) is 1.85. The molecule has 2 heterocycles. The summed E-state index contributed by atoms with van der Waals surface area (Å²) in [6, 6.07) is 8.33. The van der Waals surface area contributed by atoms with E-state index in [1.54, 1.807) is 0 Å². The fraction of sp³-hybridized carbons (Fsp3) is 0.579. The highest BCUT2D eigenvalue weighted by Gasteiger charge is 2.29. The van der Waals surface area contributed by atoms with Gasteiger partial charge >= 0.3 is 5.97 Å². The molecule has 0 aliphatic carbocycles. The molecule has 1 aromatic carbocycles. The Kier molecular flexibility index (Phi) is 5.51. The Labute approximate surface area is 143 Å². The van der Waals surface area contributed by atoms with E-state index in [1.165, 1.54) is 11.1 Å². The van der Waals surface area contributed by atoms with Gasteiger partial charge in [-0.3, -0.25) is 14.5 Å². The van der Waals surface area contributed by atoms with Crippen LogP contribution in [0.5, 0.6) is 0 Å². The number of likely N-dealkylation sites (tertiary alicyclic amines) is 1. The second kappa shape index (κ2) is 7.79. The van der Waals surface area contributed by atoms with Gasteiger partial charge in [-0.05, 0) is 43.9 Å². The van der Waals surface area contributed by atoms with Crippen LogP contribution in [0.4, 0.5) is 0 Å². The molecular formula is C19H26N2O3. The van der Waals surface area contributed by atoms with E-state index in [2.05, 4.69) is 23.1 Å². The van der Waals surface area contributed by atoms with E-state index < -0.39 is 0 Å². The summed E-state index contributed by atoms with van der Waals surface area (Å²) in [5, 5.41) is 0. The third-order valence-electron chi connectivity index (χ3n) is 4.97. The molecule has 1 aromatic rings. The molecule has 130 valence electrons. The first kappa shape index (κ1) is 17.0. The second-order valence-corrected chi connectivity index (χ2v) is 6.66. The third-order valence-corrected chi connectivity index (χ3v) is 4.97. The summed E-state index contributed by atoms with van der Waals surface area (Å²) in [6.45, 7) is 5.64. The Morgan fingerprint density at radius 1 is 1.21 bits per heavy atom. The molecule has 5 heteroatoms. The molecule has 0 aromatic heterocycles. The van der Waals surface area contributed by atoms with Crippen molar-refractivity contribution in [3.8, 4) is 0 Å². The van der Waals surface area contributed by atoms with Crippen molar-refractivity contribution in [2.45, 2.75) is 32.7 Å². The number of hydrogen-bond acceptors (Lipinski definition) is 4. The van der Waals surface area contributed by atoms with E-state index in [9.17, 15) is 9.59 Å². The number of rotatable bonds is 4. The normalized spacial score (nSPS) is 21.2. The predicted molar refractivity (Wildman–Crippen MR) is 91.4 cm³/mol. The van der Waals surface area contributed by atoms with Crippen molar-refractivity contribution in [1.29, 1.82) is 0 Å². The zero-order valence-corrected chi connectivity index (χ0v) is 14.4. The summed E-state index contributed by atoms with van der Waals surface area (Å²) >= 11 is 0. The van der Waals surface area contributed by atoms with Gasteiger partial charge < -0.3 is 9.64 Å². The summed E-state index contributed by atoms with van der Waals surface area (Å²) in [7, 11) is 0. The van der Waals surface area contributed by atoms with Crippen LogP contribution >= 0.6 is 0 Å². The average Bonchev–Trinajstić information content (AvgIpc) is 2.61. The maximum absolute atomic E-state index is 12.6. The topological polar surface area (TPSA) is 49.9 Å². The molecule has 0 bridgehead atoms. The molecule has 3 rings (SSSR count). The van der Waals surface area contributed by atoms with Crippen molar-refractivity contribution in [3.63, 3.8) is 0 Å². The highest BCUT2D eigenvalue weighted by Crippen LogP contribution is 2.21. The number of piperidine rings is 1. The molecule has 0 radical (unpaired) electrons. The monoisotopic (exact) mass is 330 g/mol. The summed E-state index contributed by atoms with van der Waals surface area (Å²) < 4.78 is 5.13. The molecule has 5 nitrogen and oxygen atoms in total. The molecular weight excluding hydrogens is 304 g/mol. The third kappa shape index (κ3) is 3.96. The lowest BCUT2D eigenvalue weighted by atomic mass is 9.98. The zero-order valence-electron chi connectivity index (χ0n) is 14.4. The number of benzene rings is 1.